The Morgan fingerprint density at radius 2 is 2.19 bits per heavy atom. The van der Waals surface area contributed by atoms with Gasteiger partial charge in [-0.15, -0.1) is 0 Å². The molecule has 0 saturated heterocycles. The number of nitrogens with one attached hydrogen (secondary N) is 1. The Balaban J connectivity index is 1.63. The maximum atomic E-state index is 10.7. The van der Waals surface area contributed by atoms with E-state index in [0.717, 1.165) is 17.2 Å². The van der Waals surface area contributed by atoms with Gasteiger partial charge < -0.3 is 9.73 Å². The van der Waals surface area contributed by atoms with Gasteiger partial charge in [-0.1, -0.05) is 18.5 Å². The van der Waals surface area contributed by atoms with Gasteiger partial charge in [0.2, 0.25) is 0 Å². The molecule has 3 rings (SSSR count). The number of nitro groups is 1. The lowest BCUT2D eigenvalue weighted by Gasteiger charge is -2.05. The van der Waals surface area contributed by atoms with Crippen molar-refractivity contribution in [3.8, 4) is 0 Å². The highest BCUT2D eigenvalue weighted by Gasteiger charge is 2.36. The summed E-state index contributed by atoms with van der Waals surface area (Å²) >= 11 is 5.87. The van der Waals surface area contributed by atoms with Crippen LogP contribution in [-0.4, -0.2) is 4.92 Å². The topological polar surface area (TPSA) is 68.3 Å². The number of nitro benzene ring substituents is 1. The van der Waals surface area contributed by atoms with Crippen molar-refractivity contribution in [3.63, 3.8) is 0 Å². The van der Waals surface area contributed by atoms with E-state index in [4.69, 9.17) is 16.0 Å². The van der Waals surface area contributed by atoms with Crippen LogP contribution in [-0.2, 0) is 6.54 Å². The van der Waals surface area contributed by atoms with E-state index in [1.807, 2.05) is 12.1 Å². The van der Waals surface area contributed by atoms with Crippen molar-refractivity contribution in [1.29, 1.82) is 0 Å². The molecule has 1 aliphatic carbocycles. The molecule has 1 heterocycles. The van der Waals surface area contributed by atoms with Crippen LogP contribution in [0.1, 0.15) is 30.8 Å². The highest BCUT2D eigenvalue weighted by atomic mass is 35.5. The number of anilines is 1. The molecule has 0 spiro atoms. The average molecular weight is 307 g/mol. The van der Waals surface area contributed by atoms with E-state index in [-0.39, 0.29) is 10.7 Å². The summed E-state index contributed by atoms with van der Waals surface area (Å²) in [6, 6.07) is 8.56. The average Bonchev–Trinajstić information content (AvgIpc) is 2.99. The number of hydrogen-bond donors (Lipinski definition) is 1. The highest BCUT2D eigenvalue weighted by molar-refractivity contribution is 6.32. The summed E-state index contributed by atoms with van der Waals surface area (Å²) in [7, 11) is 0. The van der Waals surface area contributed by atoms with E-state index >= 15 is 0 Å². The summed E-state index contributed by atoms with van der Waals surface area (Å²) in [5.41, 5.74) is 0.633. The predicted molar refractivity (Wildman–Crippen MR) is 80.7 cm³/mol. The van der Waals surface area contributed by atoms with Crippen LogP contribution in [0.4, 0.5) is 11.4 Å². The van der Waals surface area contributed by atoms with Crippen molar-refractivity contribution in [1.82, 2.24) is 0 Å². The zero-order valence-corrected chi connectivity index (χ0v) is 12.3. The molecule has 5 nitrogen and oxygen atoms in total. The Hall–Kier alpha value is -2.01. The Morgan fingerprint density at radius 1 is 1.43 bits per heavy atom. The lowest BCUT2D eigenvalue weighted by molar-refractivity contribution is -0.384. The monoisotopic (exact) mass is 306 g/mol. The molecule has 2 unspecified atom stereocenters. The molecule has 6 heteroatoms. The van der Waals surface area contributed by atoms with Crippen LogP contribution in [0, 0.1) is 16.0 Å². The first kappa shape index (κ1) is 13.9. The molecule has 21 heavy (non-hydrogen) atoms. The second-order valence-corrected chi connectivity index (χ2v) is 5.81. The number of hydrogen-bond acceptors (Lipinski definition) is 4. The van der Waals surface area contributed by atoms with Crippen LogP contribution in [0.15, 0.2) is 34.7 Å². The Kier molecular flexibility index (Phi) is 3.59. The molecule has 2 atom stereocenters. The molecule has 0 radical (unpaired) electrons. The van der Waals surface area contributed by atoms with E-state index in [2.05, 4.69) is 12.2 Å². The minimum absolute atomic E-state index is 0.0924. The molecule has 0 amide bonds. The molecule has 1 aliphatic rings. The van der Waals surface area contributed by atoms with Crippen LogP contribution in [0.5, 0.6) is 0 Å². The summed E-state index contributed by atoms with van der Waals surface area (Å²) in [6.07, 6.45) is 1.19. The smallest absolute Gasteiger partial charge is 0.288 e. The third-order valence-electron chi connectivity index (χ3n) is 3.77. The van der Waals surface area contributed by atoms with Crippen LogP contribution < -0.4 is 5.32 Å². The summed E-state index contributed by atoms with van der Waals surface area (Å²) in [4.78, 5) is 10.2. The van der Waals surface area contributed by atoms with Crippen LogP contribution in [0.2, 0.25) is 5.02 Å². The van der Waals surface area contributed by atoms with E-state index in [1.54, 1.807) is 12.1 Å². The fraction of sp³-hybridized carbons (Fsp3) is 0.333. The maximum absolute atomic E-state index is 10.7. The quantitative estimate of drug-likeness (QED) is 0.648. The Bertz CT molecular complexity index is 683. The fourth-order valence-corrected chi connectivity index (χ4v) is 2.61. The summed E-state index contributed by atoms with van der Waals surface area (Å²) < 4.78 is 5.79. The zero-order valence-electron chi connectivity index (χ0n) is 11.5. The maximum Gasteiger partial charge on any atom is 0.288 e. The normalized spacial score (nSPS) is 20.3. The SMILES string of the molecule is CC1CC1c1ccc(CNc2ccc([N+](=O)[O-])c(Cl)c2)o1. The number of furan rings is 1. The number of halogens is 1. The third-order valence-corrected chi connectivity index (χ3v) is 4.07. The van der Waals surface area contributed by atoms with E-state index in [1.165, 1.54) is 12.5 Å². The van der Waals surface area contributed by atoms with Gasteiger partial charge >= 0.3 is 0 Å². The van der Waals surface area contributed by atoms with Gasteiger partial charge in [0.1, 0.15) is 16.5 Å². The first-order valence-electron chi connectivity index (χ1n) is 6.81. The first-order valence-corrected chi connectivity index (χ1v) is 7.19. The third kappa shape index (κ3) is 3.03. The summed E-state index contributed by atoms with van der Waals surface area (Å²) in [5.74, 6) is 3.16. The van der Waals surface area contributed by atoms with Gasteiger partial charge in [0, 0.05) is 17.7 Å². The van der Waals surface area contributed by atoms with E-state index < -0.39 is 4.92 Å². The molecule has 2 aromatic rings. The van der Waals surface area contributed by atoms with Gasteiger partial charge in [0.15, 0.2) is 0 Å². The second-order valence-electron chi connectivity index (χ2n) is 5.40. The largest absolute Gasteiger partial charge is 0.464 e. The number of benzene rings is 1. The Labute approximate surface area is 127 Å². The lowest BCUT2D eigenvalue weighted by atomic mass is 10.2. The zero-order chi connectivity index (χ0) is 15.0. The molecule has 0 bridgehead atoms. The molecular weight excluding hydrogens is 292 g/mol. The first-order chi connectivity index (χ1) is 10.0. The number of nitrogens with zero attached hydrogens (tertiary/aromatic N) is 1. The molecule has 1 N–H and O–H groups in total. The molecule has 110 valence electrons. The lowest BCUT2D eigenvalue weighted by Crippen LogP contribution is -1.98. The summed E-state index contributed by atoms with van der Waals surface area (Å²) in [6.45, 7) is 2.74. The molecule has 1 aromatic heterocycles. The molecule has 1 fully saturated rings. The van der Waals surface area contributed by atoms with Gasteiger partial charge in [0.05, 0.1) is 11.5 Å². The van der Waals surface area contributed by atoms with Crippen molar-refractivity contribution in [2.45, 2.75) is 25.8 Å². The van der Waals surface area contributed by atoms with E-state index in [9.17, 15) is 10.1 Å². The van der Waals surface area contributed by atoms with Crippen molar-refractivity contribution in [3.05, 3.63) is 57.0 Å². The minimum atomic E-state index is -0.498. The molecular formula is C15H15ClN2O3. The second kappa shape index (κ2) is 5.41. The fourth-order valence-electron chi connectivity index (χ4n) is 2.36. The predicted octanol–water partition coefficient (Wildman–Crippen LogP) is 4.58. The van der Waals surface area contributed by atoms with Gasteiger partial charge in [-0.05, 0) is 36.6 Å². The van der Waals surface area contributed by atoms with Crippen LogP contribution in [0.3, 0.4) is 0 Å². The molecule has 0 aliphatic heterocycles. The van der Waals surface area contributed by atoms with Crippen molar-refractivity contribution in [2.24, 2.45) is 5.92 Å². The van der Waals surface area contributed by atoms with Crippen molar-refractivity contribution < 1.29 is 9.34 Å². The molecule has 1 aromatic carbocycles. The standard InChI is InChI=1S/C15H15ClN2O3/c1-9-6-12(9)15-5-3-11(21-15)8-17-10-2-4-14(18(19)20)13(16)7-10/h2-5,7,9,12,17H,6,8H2,1H3. The number of rotatable bonds is 5. The van der Waals surface area contributed by atoms with Crippen LogP contribution >= 0.6 is 11.6 Å². The summed E-state index contributed by atoms with van der Waals surface area (Å²) in [5, 5.41) is 14.0. The van der Waals surface area contributed by atoms with Gasteiger partial charge in [-0.2, -0.15) is 0 Å². The van der Waals surface area contributed by atoms with Gasteiger partial charge in [-0.3, -0.25) is 10.1 Å². The van der Waals surface area contributed by atoms with Crippen molar-refractivity contribution in [2.75, 3.05) is 5.32 Å². The van der Waals surface area contributed by atoms with Crippen LogP contribution in [0.25, 0.3) is 0 Å². The van der Waals surface area contributed by atoms with Crippen molar-refractivity contribution >= 4 is 23.0 Å². The van der Waals surface area contributed by atoms with Gasteiger partial charge in [0.25, 0.3) is 5.69 Å². The minimum Gasteiger partial charge on any atom is -0.464 e. The highest BCUT2D eigenvalue weighted by Crippen LogP contribution is 2.47. The molecule has 1 saturated carbocycles. The Morgan fingerprint density at radius 3 is 2.81 bits per heavy atom. The van der Waals surface area contributed by atoms with Gasteiger partial charge in [-0.25, -0.2) is 0 Å². The van der Waals surface area contributed by atoms with E-state index in [0.29, 0.717) is 18.4 Å².